The maximum Gasteiger partial charge on any atom is 0.240 e. The lowest BCUT2D eigenvalue weighted by Crippen LogP contribution is -2.44. The first kappa shape index (κ1) is 21.1. The zero-order valence-electron chi connectivity index (χ0n) is 17.6. The molecule has 3 heterocycles. The third-order valence-corrected chi connectivity index (χ3v) is 7.31. The Bertz CT molecular complexity index is 1390. The van der Waals surface area contributed by atoms with E-state index in [1.807, 2.05) is 30.3 Å². The van der Waals surface area contributed by atoms with Crippen LogP contribution in [0.2, 0.25) is 10.0 Å². The number of halogens is 2. The van der Waals surface area contributed by atoms with Crippen molar-refractivity contribution in [3.8, 4) is 0 Å². The number of hydrogen-bond donors (Lipinski definition) is 0. The first-order valence-corrected chi connectivity index (χ1v) is 11.6. The summed E-state index contributed by atoms with van der Waals surface area (Å²) in [6.07, 6.45) is 1.68. The topological polar surface area (TPSA) is 70.0 Å². The molecule has 2 fully saturated rings. The Morgan fingerprint density at radius 1 is 0.853 bits per heavy atom. The van der Waals surface area contributed by atoms with Crippen LogP contribution in [0.5, 0.6) is 0 Å². The monoisotopic (exact) mass is 489 g/mol. The maximum absolute atomic E-state index is 13.8. The van der Waals surface area contributed by atoms with Crippen LogP contribution in [0.4, 0.5) is 5.69 Å². The number of ketones is 1. The van der Waals surface area contributed by atoms with Crippen molar-refractivity contribution >= 4 is 52.7 Å². The highest BCUT2D eigenvalue weighted by atomic mass is 35.5. The van der Waals surface area contributed by atoms with Crippen LogP contribution < -0.4 is 4.90 Å². The molecule has 168 valence electrons. The minimum atomic E-state index is -0.922. The van der Waals surface area contributed by atoms with Gasteiger partial charge in [-0.05, 0) is 29.3 Å². The molecule has 3 aromatic carbocycles. The summed E-state index contributed by atoms with van der Waals surface area (Å²) >= 11 is 12.4. The highest BCUT2D eigenvalue weighted by Gasteiger charge is 2.65. The fourth-order valence-corrected chi connectivity index (χ4v) is 5.83. The maximum atomic E-state index is 13.8. The van der Waals surface area contributed by atoms with E-state index in [0.717, 1.165) is 16.0 Å². The Morgan fingerprint density at radius 3 is 2.32 bits per heavy atom. The van der Waals surface area contributed by atoms with Crippen LogP contribution in [0.3, 0.4) is 0 Å². The Balaban J connectivity index is 1.51. The number of nitrogens with zero attached hydrogens (tertiary/aromatic N) is 3. The van der Waals surface area contributed by atoms with E-state index in [1.165, 1.54) is 6.07 Å². The average Bonchev–Trinajstić information content (AvgIpc) is 3.32. The SMILES string of the molecule is O=C(c1ccccc1)C1C2C(=O)N(c3ccc(Cl)cc3Cl)C(=O)C2C2c3ccccc3C=NN12. The summed E-state index contributed by atoms with van der Waals surface area (Å²) in [4.78, 5) is 42.5. The van der Waals surface area contributed by atoms with E-state index in [-0.39, 0.29) is 16.5 Å². The van der Waals surface area contributed by atoms with Crippen molar-refractivity contribution < 1.29 is 14.4 Å². The molecule has 2 amide bonds. The number of benzene rings is 3. The Kier molecular flexibility index (Phi) is 4.83. The summed E-state index contributed by atoms with van der Waals surface area (Å²) in [7, 11) is 0. The third-order valence-electron chi connectivity index (χ3n) is 6.77. The zero-order valence-corrected chi connectivity index (χ0v) is 19.1. The molecule has 0 N–H and O–H groups in total. The van der Waals surface area contributed by atoms with Crippen molar-refractivity contribution in [3.63, 3.8) is 0 Å². The Labute approximate surface area is 205 Å². The molecule has 2 saturated heterocycles. The molecule has 0 radical (unpaired) electrons. The number of carbonyl (C=O) groups is 3. The van der Waals surface area contributed by atoms with E-state index < -0.39 is 35.7 Å². The van der Waals surface area contributed by atoms with E-state index in [1.54, 1.807) is 47.6 Å². The van der Waals surface area contributed by atoms with E-state index >= 15 is 0 Å². The van der Waals surface area contributed by atoms with Gasteiger partial charge in [-0.25, -0.2) is 4.90 Å². The first-order valence-electron chi connectivity index (χ1n) is 10.8. The van der Waals surface area contributed by atoms with Gasteiger partial charge < -0.3 is 0 Å². The molecule has 4 unspecified atom stereocenters. The molecule has 6 rings (SSSR count). The summed E-state index contributed by atoms with van der Waals surface area (Å²) in [6.45, 7) is 0. The summed E-state index contributed by atoms with van der Waals surface area (Å²) < 4.78 is 0. The summed E-state index contributed by atoms with van der Waals surface area (Å²) in [6, 6.07) is 19.5. The van der Waals surface area contributed by atoms with Gasteiger partial charge in [0.1, 0.15) is 6.04 Å². The molecule has 3 aliphatic heterocycles. The molecule has 0 spiro atoms. The van der Waals surface area contributed by atoms with Gasteiger partial charge in [0, 0.05) is 10.6 Å². The predicted octanol–water partition coefficient (Wildman–Crippen LogP) is 4.75. The Morgan fingerprint density at radius 2 is 1.56 bits per heavy atom. The van der Waals surface area contributed by atoms with Crippen molar-refractivity contribution in [2.75, 3.05) is 4.90 Å². The fraction of sp³-hybridized carbons (Fsp3) is 0.154. The number of anilines is 1. The van der Waals surface area contributed by atoms with E-state index in [0.29, 0.717) is 10.6 Å². The number of rotatable bonds is 3. The first-order chi connectivity index (χ1) is 16.5. The molecule has 3 aliphatic rings. The summed E-state index contributed by atoms with van der Waals surface area (Å²) in [5, 5.41) is 6.79. The van der Waals surface area contributed by atoms with Crippen molar-refractivity contribution in [2.24, 2.45) is 16.9 Å². The van der Waals surface area contributed by atoms with Gasteiger partial charge in [0.25, 0.3) is 0 Å². The minimum Gasteiger partial charge on any atom is -0.292 e. The molecule has 0 saturated carbocycles. The predicted molar refractivity (Wildman–Crippen MR) is 129 cm³/mol. The number of imide groups is 1. The molecule has 4 atom stereocenters. The largest absolute Gasteiger partial charge is 0.292 e. The molecule has 0 bridgehead atoms. The van der Waals surface area contributed by atoms with Crippen molar-refractivity contribution in [1.82, 2.24) is 5.01 Å². The highest BCUT2D eigenvalue weighted by Crippen LogP contribution is 2.53. The minimum absolute atomic E-state index is 0.194. The lowest BCUT2D eigenvalue weighted by Gasteiger charge is -2.33. The molecule has 8 heteroatoms. The number of amides is 2. The number of Topliss-reactive ketones (excluding diaryl/α,β-unsaturated/α-hetero) is 1. The molecule has 6 nitrogen and oxygen atoms in total. The normalized spacial score (nSPS) is 24.8. The summed E-state index contributed by atoms with van der Waals surface area (Å²) in [5.74, 6) is -2.80. The van der Waals surface area contributed by atoms with E-state index in [9.17, 15) is 14.4 Å². The van der Waals surface area contributed by atoms with Crippen molar-refractivity contribution in [2.45, 2.75) is 12.1 Å². The van der Waals surface area contributed by atoms with Crippen molar-refractivity contribution in [3.05, 3.63) is 99.5 Å². The fourth-order valence-electron chi connectivity index (χ4n) is 5.34. The number of hydrazone groups is 1. The van der Waals surface area contributed by atoms with Gasteiger partial charge in [0.15, 0.2) is 5.78 Å². The van der Waals surface area contributed by atoms with Gasteiger partial charge in [0.2, 0.25) is 11.8 Å². The number of fused-ring (bicyclic) bond motifs is 5. The molecular weight excluding hydrogens is 473 g/mol. The van der Waals surface area contributed by atoms with E-state index in [2.05, 4.69) is 5.10 Å². The van der Waals surface area contributed by atoms with Gasteiger partial charge >= 0.3 is 0 Å². The lowest BCUT2D eigenvalue weighted by molar-refractivity contribution is -0.124. The molecule has 0 aliphatic carbocycles. The van der Waals surface area contributed by atoms with Crippen LogP contribution in [0, 0.1) is 11.8 Å². The lowest BCUT2D eigenvalue weighted by atomic mass is 9.83. The second-order valence-electron chi connectivity index (χ2n) is 8.53. The van der Waals surface area contributed by atoms with Crippen LogP contribution in [-0.2, 0) is 9.59 Å². The number of hydrogen-bond acceptors (Lipinski definition) is 5. The Hall–Kier alpha value is -3.48. The quantitative estimate of drug-likeness (QED) is 0.393. The van der Waals surface area contributed by atoms with Crippen LogP contribution in [0.25, 0.3) is 0 Å². The van der Waals surface area contributed by atoms with Crippen LogP contribution in [0.15, 0.2) is 77.9 Å². The molecule has 0 aromatic heterocycles. The molecule has 3 aromatic rings. The smallest absolute Gasteiger partial charge is 0.240 e. The van der Waals surface area contributed by atoms with Gasteiger partial charge in [-0.1, -0.05) is 77.8 Å². The second kappa shape index (κ2) is 7.79. The standard InChI is InChI=1S/C26H17Cl2N3O3/c27-16-10-11-19(18(28)12-16)30-25(33)20-21(26(30)34)23(24(32)14-6-2-1-3-7-14)31-22(20)17-9-5-4-8-15(17)13-29-31/h1-13,20-23H. The highest BCUT2D eigenvalue weighted by molar-refractivity contribution is 6.38. The van der Waals surface area contributed by atoms with Gasteiger partial charge in [-0.3, -0.25) is 19.4 Å². The van der Waals surface area contributed by atoms with Crippen LogP contribution >= 0.6 is 23.2 Å². The van der Waals surface area contributed by atoms with Gasteiger partial charge in [-0.2, -0.15) is 5.10 Å². The van der Waals surface area contributed by atoms with Crippen LogP contribution in [0.1, 0.15) is 27.5 Å². The van der Waals surface area contributed by atoms with Crippen LogP contribution in [-0.4, -0.2) is 34.9 Å². The zero-order chi connectivity index (χ0) is 23.6. The van der Waals surface area contributed by atoms with Crippen molar-refractivity contribution in [1.29, 1.82) is 0 Å². The van der Waals surface area contributed by atoms with Gasteiger partial charge in [-0.15, -0.1) is 0 Å². The molecular formula is C26H17Cl2N3O3. The average molecular weight is 490 g/mol. The van der Waals surface area contributed by atoms with Gasteiger partial charge in [0.05, 0.1) is 34.8 Å². The summed E-state index contributed by atoms with van der Waals surface area (Å²) in [5.41, 5.74) is 2.45. The van der Waals surface area contributed by atoms with E-state index in [4.69, 9.17) is 23.2 Å². The molecule has 34 heavy (non-hydrogen) atoms. The number of carbonyl (C=O) groups excluding carboxylic acids is 3. The second-order valence-corrected chi connectivity index (χ2v) is 9.38. The third kappa shape index (κ3) is 2.95.